The first-order chi connectivity index (χ1) is 19.0. The van der Waals surface area contributed by atoms with E-state index in [0.29, 0.717) is 6.54 Å². The second-order valence-electron chi connectivity index (χ2n) is 8.75. The lowest BCUT2D eigenvalue weighted by Crippen LogP contribution is -2.51. The molecule has 2 aromatic rings. The molecule has 224 valence electrons. The smallest absolute Gasteiger partial charge is 0.360 e. The Morgan fingerprint density at radius 3 is 1.90 bits per heavy atom. The number of aromatic carboxylic acids is 1. The van der Waals surface area contributed by atoms with Crippen molar-refractivity contribution in [1.82, 2.24) is 14.5 Å². The SMILES string of the molecule is CCOP(=O)(OCC)C(N1CCN(c2nc3c(cc2F)c(=O)c(C(=O)O)cn3CC)CC1)P(=O)(OCC)OCC. The molecule has 0 radical (unpaired) electrons. The van der Waals surface area contributed by atoms with Crippen molar-refractivity contribution in [3.63, 3.8) is 0 Å². The summed E-state index contributed by atoms with van der Waals surface area (Å²) in [6.07, 6.45) is 1.20. The fourth-order valence-electron chi connectivity index (χ4n) is 4.69. The molecule has 1 saturated heterocycles. The number of piperazine rings is 1. The topological polar surface area (TPSA) is 150 Å². The van der Waals surface area contributed by atoms with Crippen molar-refractivity contribution in [2.75, 3.05) is 57.5 Å². The fourth-order valence-corrected chi connectivity index (χ4v) is 10.3. The number of aryl methyl sites for hydroxylation is 1. The molecule has 1 N–H and O–H groups in total. The van der Waals surface area contributed by atoms with Crippen LogP contribution in [0.2, 0.25) is 0 Å². The summed E-state index contributed by atoms with van der Waals surface area (Å²) in [4.78, 5) is 31.9. The van der Waals surface area contributed by atoms with Gasteiger partial charge < -0.3 is 32.7 Å². The molecule has 0 saturated carbocycles. The number of rotatable bonds is 14. The third-order valence-electron chi connectivity index (χ3n) is 6.30. The van der Waals surface area contributed by atoms with E-state index in [0.717, 1.165) is 6.07 Å². The standard InChI is InChI=1S/C24H37FN4O9P2/c1-6-27-16-18(23(31)32)20(30)17-15-19(25)22(26-21(17)27)28-11-13-29(14-12-28)24(39(33,35-7-2)36-8-3)40(34,37-9-4)38-10-5/h15-16,24H,6-14H2,1-5H3,(H,31,32). The van der Waals surface area contributed by atoms with Crippen molar-refractivity contribution in [2.45, 2.75) is 46.7 Å². The summed E-state index contributed by atoms with van der Waals surface area (Å²) >= 11 is 0. The summed E-state index contributed by atoms with van der Waals surface area (Å²) in [6, 6.07) is 1.00. The van der Waals surface area contributed by atoms with E-state index in [1.54, 1.807) is 44.4 Å². The average Bonchev–Trinajstić information content (AvgIpc) is 2.90. The number of halogens is 1. The summed E-state index contributed by atoms with van der Waals surface area (Å²) in [5.41, 5.74) is -2.47. The Kier molecular flexibility index (Phi) is 11.0. The molecule has 2 aromatic heterocycles. The predicted octanol–water partition coefficient (Wildman–Crippen LogP) is 4.19. The van der Waals surface area contributed by atoms with E-state index in [-0.39, 0.29) is 69.5 Å². The van der Waals surface area contributed by atoms with Crippen molar-refractivity contribution in [3.05, 3.63) is 33.9 Å². The number of carbonyl (C=O) groups is 1. The van der Waals surface area contributed by atoms with Crippen molar-refractivity contribution in [2.24, 2.45) is 0 Å². The number of carboxylic acids is 1. The van der Waals surface area contributed by atoms with Crippen LogP contribution in [-0.4, -0.2) is 83.7 Å². The average molecular weight is 607 g/mol. The Balaban J connectivity index is 2.00. The summed E-state index contributed by atoms with van der Waals surface area (Å²) in [7, 11) is -8.05. The first-order valence-corrected chi connectivity index (χ1v) is 16.5. The molecule has 0 amide bonds. The van der Waals surface area contributed by atoms with Gasteiger partial charge >= 0.3 is 21.2 Å². The van der Waals surface area contributed by atoms with Gasteiger partial charge in [0.25, 0.3) is 0 Å². The molecule has 40 heavy (non-hydrogen) atoms. The van der Waals surface area contributed by atoms with Crippen LogP contribution in [-0.2, 0) is 33.8 Å². The van der Waals surface area contributed by atoms with Gasteiger partial charge in [0.05, 0.1) is 31.8 Å². The van der Waals surface area contributed by atoms with Crippen molar-refractivity contribution in [1.29, 1.82) is 0 Å². The summed E-state index contributed by atoms with van der Waals surface area (Å²) in [5, 5.41) is 9.24. The van der Waals surface area contributed by atoms with Crippen molar-refractivity contribution >= 4 is 38.0 Å². The lowest BCUT2D eigenvalue weighted by atomic mass is 10.2. The van der Waals surface area contributed by atoms with E-state index in [4.69, 9.17) is 18.1 Å². The highest BCUT2D eigenvalue weighted by atomic mass is 31.2. The molecule has 0 aliphatic carbocycles. The van der Waals surface area contributed by atoms with E-state index in [2.05, 4.69) is 4.98 Å². The molecular formula is C24H37FN4O9P2. The molecule has 16 heteroatoms. The van der Waals surface area contributed by atoms with Gasteiger partial charge in [0.1, 0.15) is 11.2 Å². The van der Waals surface area contributed by atoms with Crippen molar-refractivity contribution in [3.8, 4) is 0 Å². The van der Waals surface area contributed by atoms with Crippen molar-refractivity contribution < 1.29 is 41.5 Å². The first-order valence-electron chi connectivity index (χ1n) is 13.2. The normalized spacial score (nSPS) is 15.3. The molecule has 0 spiro atoms. The first kappa shape index (κ1) is 32.3. The molecule has 3 rings (SSSR count). The van der Waals surface area contributed by atoms with E-state index < -0.39 is 43.5 Å². The van der Waals surface area contributed by atoms with E-state index in [9.17, 15) is 23.8 Å². The maximum Gasteiger partial charge on any atom is 0.360 e. The molecule has 0 bridgehead atoms. The molecule has 1 fully saturated rings. The van der Waals surface area contributed by atoms with Crippen LogP contribution in [0.1, 0.15) is 45.0 Å². The van der Waals surface area contributed by atoms with Crippen LogP contribution in [0.5, 0.6) is 0 Å². The van der Waals surface area contributed by atoms with Crippen LogP contribution in [0.25, 0.3) is 11.0 Å². The molecular weight excluding hydrogens is 569 g/mol. The Morgan fingerprint density at radius 1 is 0.975 bits per heavy atom. The van der Waals surface area contributed by atoms with Crippen LogP contribution < -0.4 is 10.3 Å². The Bertz CT molecular complexity index is 1310. The number of fused-ring (bicyclic) bond motifs is 1. The lowest BCUT2D eigenvalue weighted by molar-refractivity contribution is 0.0694. The third kappa shape index (κ3) is 6.49. The molecule has 0 atom stereocenters. The monoisotopic (exact) mass is 606 g/mol. The number of nitrogens with zero attached hydrogens (tertiary/aromatic N) is 4. The van der Waals surface area contributed by atoms with Gasteiger partial charge in [-0.1, -0.05) is 0 Å². The van der Waals surface area contributed by atoms with Gasteiger partial charge in [-0.05, 0) is 40.7 Å². The summed E-state index contributed by atoms with van der Waals surface area (Å²) < 4.78 is 67.0. The van der Waals surface area contributed by atoms with Crippen LogP contribution in [0.3, 0.4) is 0 Å². The number of aromatic nitrogens is 2. The van der Waals surface area contributed by atoms with Crippen LogP contribution in [0, 0.1) is 5.82 Å². The number of carboxylic acid groups (broad SMARTS) is 1. The van der Waals surface area contributed by atoms with E-state index in [1.807, 2.05) is 0 Å². The highest BCUT2D eigenvalue weighted by Crippen LogP contribution is 2.71. The molecule has 0 unspecified atom stereocenters. The maximum absolute atomic E-state index is 15.3. The molecule has 1 aliphatic heterocycles. The van der Waals surface area contributed by atoms with E-state index in [1.165, 1.54) is 10.8 Å². The number of pyridine rings is 2. The number of hydrogen-bond acceptors (Lipinski definition) is 11. The summed E-state index contributed by atoms with van der Waals surface area (Å²) in [5.74, 6) is -2.22. The number of anilines is 1. The molecule has 1 aliphatic rings. The number of hydrogen-bond donors (Lipinski definition) is 1. The maximum atomic E-state index is 15.3. The van der Waals surface area contributed by atoms with Gasteiger partial charge in [0, 0.05) is 38.9 Å². The highest BCUT2D eigenvalue weighted by Gasteiger charge is 2.54. The minimum atomic E-state index is -4.02. The lowest BCUT2D eigenvalue weighted by Gasteiger charge is -2.42. The fraction of sp³-hybridized carbons (Fsp3) is 0.625. The molecule has 13 nitrogen and oxygen atoms in total. The molecule has 3 heterocycles. The van der Waals surface area contributed by atoms with Crippen LogP contribution in [0.15, 0.2) is 17.1 Å². The summed E-state index contributed by atoms with van der Waals surface area (Å²) in [6.45, 7) is 9.52. The second kappa shape index (κ2) is 13.7. The predicted molar refractivity (Wildman–Crippen MR) is 148 cm³/mol. The van der Waals surface area contributed by atoms with E-state index >= 15 is 4.39 Å². The zero-order valence-corrected chi connectivity index (χ0v) is 25.2. The van der Waals surface area contributed by atoms with Gasteiger partial charge in [0.2, 0.25) is 11.0 Å². The zero-order valence-electron chi connectivity index (χ0n) is 23.4. The largest absolute Gasteiger partial charge is 0.477 e. The molecule has 0 aromatic carbocycles. The quantitative estimate of drug-likeness (QED) is 0.307. The van der Waals surface area contributed by atoms with Gasteiger partial charge in [-0.2, -0.15) is 0 Å². The Hall–Kier alpha value is -2.18. The van der Waals surface area contributed by atoms with Gasteiger partial charge in [-0.25, -0.2) is 14.2 Å². The van der Waals surface area contributed by atoms with Gasteiger partial charge in [-0.3, -0.25) is 18.8 Å². The van der Waals surface area contributed by atoms with Crippen LogP contribution in [0.4, 0.5) is 10.2 Å². The third-order valence-corrected chi connectivity index (χ3v) is 12.3. The zero-order chi connectivity index (χ0) is 29.7. The Labute approximate surface area is 232 Å². The minimum absolute atomic E-state index is 0.0241. The highest BCUT2D eigenvalue weighted by molar-refractivity contribution is 7.72. The minimum Gasteiger partial charge on any atom is -0.477 e. The van der Waals surface area contributed by atoms with Crippen LogP contribution >= 0.6 is 15.2 Å². The second-order valence-corrected chi connectivity index (χ2v) is 13.3. The van der Waals surface area contributed by atoms with Gasteiger partial charge in [0.15, 0.2) is 11.6 Å². The van der Waals surface area contributed by atoms with Gasteiger partial charge in [-0.15, -0.1) is 0 Å². The Morgan fingerprint density at radius 2 is 1.48 bits per heavy atom.